The molecule has 2 aromatic carbocycles. The Morgan fingerprint density at radius 1 is 1.00 bits per heavy atom. The van der Waals surface area contributed by atoms with E-state index in [1.807, 2.05) is 0 Å². The van der Waals surface area contributed by atoms with E-state index in [1.165, 1.54) is 0 Å². The van der Waals surface area contributed by atoms with Gasteiger partial charge in [-0.3, -0.25) is 4.79 Å². The zero-order chi connectivity index (χ0) is 14.0. The summed E-state index contributed by atoms with van der Waals surface area (Å²) in [5, 5.41) is 11.7. The van der Waals surface area contributed by atoms with Crippen LogP contribution in [0.4, 0.5) is 0 Å². The van der Waals surface area contributed by atoms with E-state index in [-0.39, 0.29) is 5.78 Å². The summed E-state index contributed by atoms with van der Waals surface area (Å²) in [4.78, 5) is 24.3. The normalized spacial score (nSPS) is 29.7. The van der Waals surface area contributed by atoms with Gasteiger partial charge in [-0.1, -0.05) is 54.6 Å². The molecule has 1 fully saturated rings. The number of rotatable bonds is 2. The fourth-order valence-corrected chi connectivity index (χ4v) is 3.19. The number of benzene rings is 2. The van der Waals surface area contributed by atoms with Crippen LogP contribution in [0.25, 0.3) is 0 Å². The van der Waals surface area contributed by atoms with E-state index in [1.54, 1.807) is 54.6 Å². The highest BCUT2D eigenvalue weighted by Crippen LogP contribution is 2.68. The summed E-state index contributed by atoms with van der Waals surface area (Å²) in [5.74, 6) is -1.69. The van der Waals surface area contributed by atoms with Crippen molar-refractivity contribution in [3.05, 3.63) is 71.3 Å². The number of carbonyl (C=O) groups is 2. The molecule has 0 bridgehead atoms. The maximum absolute atomic E-state index is 12.7. The third-order valence-corrected chi connectivity index (χ3v) is 4.10. The summed E-state index contributed by atoms with van der Waals surface area (Å²) < 4.78 is 5.50. The fraction of sp³-hybridized carbons (Fsp3) is 0.125. The van der Waals surface area contributed by atoms with Gasteiger partial charge in [0.05, 0.1) is 5.97 Å². The van der Waals surface area contributed by atoms with Crippen LogP contribution in [0, 0.1) is 0 Å². The SMILES string of the molecule is O=C1c2ccccc2[C@]2(C(=O)[O-])O[C@]12c1ccccc1. The Morgan fingerprint density at radius 3 is 2.35 bits per heavy atom. The third-order valence-electron chi connectivity index (χ3n) is 4.10. The van der Waals surface area contributed by atoms with Gasteiger partial charge in [0.2, 0.25) is 5.78 Å². The summed E-state index contributed by atoms with van der Waals surface area (Å²) in [6.07, 6.45) is 0. The Bertz CT molecular complexity index is 752. The second kappa shape index (κ2) is 3.35. The number of carboxylic acid groups (broad SMARTS) is 1. The molecule has 1 aliphatic carbocycles. The molecule has 0 spiro atoms. The minimum absolute atomic E-state index is 0.316. The van der Waals surface area contributed by atoms with E-state index in [0.717, 1.165) is 0 Å². The Morgan fingerprint density at radius 2 is 1.65 bits per heavy atom. The first kappa shape index (κ1) is 11.4. The first-order chi connectivity index (χ1) is 9.64. The van der Waals surface area contributed by atoms with Crippen LogP contribution in [0.5, 0.6) is 0 Å². The Balaban J connectivity index is 2.02. The molecule has 2 atom stereocenters. The number of ether oxygens (including phenoxy) is 1. The maximum atomic E-state index is 12.7. The smallest absolute Gasteiger partial charge is 0.203 e. The largest absolute Gasteiger partial charge is 0.546 e. The standard InChI is InChI=1S/C16H10O4/c17-13-11-8-4-5-9-12(11)16(14(18)19)15(13,20-16)10-6-2-1-3-7-10/h1-9H,(H,18,19)/p-1/t15-,16-/m1/s1. The fourth-order valence-electron chi connectivity index (χ4n) is 3.19. The van der Waals surface area contributed by atoms with Crippen molar-refractivity contribution in [2.75, 3.05) is 0 Å². The monoisotopic (exact) mass is 265 g/mol. The molecule has 4 nitrogen and oxygen atoms in total. The van der Waals surface area contributed by atoms with E-state index in [0.29, 0.717) is 16.7 Å². The van der Waals surface area contributed by atoms with Gasteiger partial charge >= 0.3 is 0 Å². The van der Waals surface area contributed by atoms with Crippen LogP contribution in [0.1, 0.15) is 21.5 Å². The van der Waals surface area contributed by atoms with E-state index >= 15 is 0 Å². The second-order valence-electron chi connectivity index (χ2n) is 4.99. The van der Waals surface area contributed by atoms with Gasteiger partial charge < -0.3 is 14.6 Å². The molecule has 0 radical (unpaired) electrons. The highest BCUT2D eigenvalue weighted by molar-refractivity contribution is 6.17. The van der Waals surface area contributed by atoms with Crippen molar-refractivity contribution in [2.24, 2.45) is 0 Å². The number of carbonyl (C=O) groups excluding carboxylic acids is 2. The molecule has 2 aliphatic rings. The van der Waals surface area contributed by atoms with Crippen LogP contribution < -0.4 is 5.11 Å². The summed E-state index contributed by atoms with van der Waals surface area (Å²) in [6.45, 7) is 0. The number of carboxylic acids is 1. The van der Waals surface area contributed by atoms with Gasteiger partial charge in [-0.05, 0) is 5.56 Å². The molecule has 0 aromatic heterocycles. The zero-order valence-corrected chi connectivity index (χ0v) is 10.3. The highest BCUT2D eigenvalue weighted by atomic mass is 16.7. The van der Waals surface area contributed by atoms with Gasteiger partial charge in [0.15, 0.2) is 11.2 Å². The average Bonchev–Trinajstić information content (AvgIpc) is 3.15. The van der Waals surface area contributed by atoms with Crippen LogP contribution in [0.2, 0.25) is 0 Å². The van der Waals surface area contributed by atoms with Crippen molar-refractivity contribution in [1.29, 1.82) is 0 Å². The average molecular weight is 265 g/mol. The first-order valence-electron chi connectivity index (χ1n) is 6.26. The predicted molar refractivity (Wildman–Crippen MR) is 66.7 cm³/mol. The predicted octanol–water partition coefficient (Wildman–Crippen LogP) is 0.754. The first-order valence-corrected chi connectivity index (χ1v) is 6.26. The summed E-state index contributed by atoms with van der Waals surface area (Å²) in [6, 6.07) is 15.4. The molecule has 20 heavy (non-hydrogen) atoms. The minimum Gasteiger partial charge on any atom is -0.546 e. The molecule has 4 heteroatoms. The Labute approximate surface area is 114 Å². The van der Waals surface area contributed by atoms with Crippen molar-refractivity contribution in [1.82, 2.24) is 0 Å². The van der Waals surface area contributed by atoms with Crippen molar-refractivity contribution < 1.29 is 19.4 Å². The molecule has 1 heterocycles. The van der Waals surface area contributed by atoms with Gasteiger partial charge in [0, 0.05) is 11.1 Å². The zero-order valence-electron chi connectivity index (χ0n) is 10.3. The van der Waals surface area contributed by atoms with Crippen molar-refractivity contribution in [3.8, 4) is 0 Å². The Kier molecular flexibility index (Phi) is 1.90. The molecule has 4 rings (SSSR count). The quantitative estimate of drug-likeness (QED) is 0.751. The van der Waals surface area contributed by atoms with Crippen molar-refractivity contribution >= 4 is 11.8 Å². The van der Waals surface area contributed by atoms with Gasteiger partial charge in [0.25, 0.3) is 0 Å². The van der Waals surface area contributed by atoms with Crippen LogP contribution in [-0.4, -0.2) is 11.8 Å². The molecule has 0 saturated carbocycles. The van der Waals surface area contributed by atoms with E-state index in [2.05, 4.69) is 0 Å². The van der Waals surface area contributed by atoms with E-state index in [4.69, 9.17) is 4.74 Å². The van der Waals surface area contributed by atoms with Crippen LogP contribution in [0.3, 0.4) is 0 Å². The summed E-state index contributed by atoms with van der Waals surface area (Å²) in [5.41, 5.74) is -1.82. The number of hydrogen-bond donors (Lipinski definition) is 0. The topological polar surface area (TPSA) is 69.7 Å². The van der Waals surface area contributed by atoms with Gasteiger partial charge in [0.1, 0.15) is 0 Å². The molecule has 1 aliphatic heterocycles. The number of Topliss-reactive ketones (excluding diaryl/α,β-unsaturated/α-hetero) is 1. The number of hydrogen-bond acceptors (Lipinski definition) is 4. The lowest BCUT2D eigenvalue weighted by atomic mass is 9.86. The molecule has 0 unspecified atom stereocenters. The lowest BCUT2D eigenvalue weighted by molar-refractivity contribution is -0.313. The molecule has 2 aromatic rings. The minimum atomic E-state index is -1.68. The van der Waals surface area contributed by atoms with Gasteiger partial charge in [-0.2, -0.15) is 0 Å². The number of epoxide rings is 1. The van der Waals surface area contributed by atoms with Crippen molar-refractivity contribution in [2.45, 2.75) is 11.2 Å². The van der Waals surface area contributed by atoms with Gasteiger partial charge in [-0.15, -0.1) is 0 Å². The molecule has 0 N–H and O–H groups in total. The van der Waals surface area contributed by atoms with Crippen LogP contribution in [-0.2, 0) is 20.7 Å². The van der Waals surface area contributed by atoms with Crippen LogP contribution in [0.15, 0.2) is 54.6 Å². The summed E-state index contributed by atoms with van der Waals surface area (Å²) in [7, 11) is 0. The molecule has 1 saturated heterocycles. The van der Waals surface area contributed by atoms with Gasteiger partial charge in [-0.25, -0.2) is 0 Å². The Hall–Kier alpha value is -2.46. The molecular weight excluding hydrogens is 256 g/mol. The molecular formula is C16H9O4-. The maximum Gasteiger partial charge on any atom is 0.203 e. The number of fused-ring (bicyclic) bond motifs is 3. The van der Waals surface area contributed by atoms with Crippen molar-refractivity contribution in [3.63, 3.8) is 0 Å². The lowest BCUT2D eigenvalue weighted by Gasteiger charge is -2.13. The molecule has 98 valence electrons. The highest BCUT2D eigenvalue weighted by Gasteiger charge is 2.81. The second-order valence-corrected chi connectivity index (χ2v) is 4.99. The summed E-state index contributed by atoms with van der Waals surface area (Å²) >= 11 is 0. The number of aliphatic carboxylic acids is 1. The van der Waals surface area contributed by atoms with E-state index < -0.39 is 17.2 Å². The molecule has 0 amide bonds. The lowest BCUT2D eigenvalue weighted by Crippen LogP contribution is -2.40. The third kappa shape index (κ3) is 0.992. The van der Waals surface area contributed by atoms with E-state index in [9.17, 15) is 14.7 Å². The van der Waals surface area contributed by atoms with Crippen LogP contribution >= 0.6 is 0 Å². The number of ketones is 1.